The topological polar surface area (TPSA) is 110 Å². The third kappa shape index (κ3) is 6.35. The molecule has 0 radical (unpaired) electrons. The van der Waals surface area contributed by atoms with Crippen LogP contribution in [-0.4, -0.2) is 30.9 Å². The molecular weight excluding hydrogens is 443 g/mol. The number of furan rings is 1. The van der Waals surface area contributed by atoms with Crippen LogP contribution in [0, 0.1) is 17.5 Å². The molecule has 1 heterocycles. The summed E-state index contributed by atoms with van der Waals surface area (Å²) < 4.78 is 49.9. The lowest BCUT2D eigenvalue weighted by atomic mass is 10.2. The first kappa shape index (κ1) is 23.4. The largest absolute Gasteiger partial charge is 0.467 e. The molecule has 11 heteroatoms. The van der Waals surface area contributed by atoms with Gasteiger partial charge in [0.25, 0.3) is 5.91 Å². The van der Waals surface area contributed by atoms with E-state index in [4.69, 9.17) is 9.15 Å². The zero-order chi connectivity index (χ0) is 23.8. The van der Waals surface area contributed by atoms with Crippen molar-refractivity contribution in [3.8, 4) is 0 Å². The second kappa shape index (κ2) is 10.8. The van der Waals surface area contributed by atoms with Gasteiger partial charge in [-0.15, -0.1) is 0 Å². The molecule has 172 valence electrons. The number of hydrogen-bond donors (Lipinski definition) is 3. The first-order chi connectivity index (χ1) is 15.8. The molecule has 2 aromatic carbocycles. The summed E-state index contributed by atoms with van der Waals surface area (Å²) in [6.45, 7) is -0.973. The SMILES string of the molecule is O=C(COC(=O)c1ccccc1NCc1ccco1)NCC(=O)Nc1ccc(F)c(F)c1F. The zero-order valence-electron chi connectivity index (χ0n) is 17.0. The van der Waals surface area contributed by atoms with E-state index in [2.05, 4.69) is 10.6 Å². The van der Waals surface area contributed by atoms with E-state index in [1.54, 1.807) is 30.3 Å². The zero-order valence-corrected chi connectivity index (χ0v) is 17.0. The van der Waals surface area contributed by atoms with Crippen LogP contribution in [0.2, 0.25) is 0 Å². The van der Waals surface area contributed by atoms with Gasteiger partial charge in [0.1, 0.15) is 5.76 Å². The molecule has 0 spiro atoms. The number of ether oxygens (including phenoxy) is 1. The molecule has 0 saturated carbocycles. The Hall–Kier alpha value is -4.28. The van der Waals surface area contributed by atoms with Gasteiger partial charge in [0, 0.05) is 5.69 Å². The fourth-order valence-electron chi connectivity index (χ4n) is 2.67. The van der Waals surface area contributed by atoms with E-state index in [1.165, 1.54) is 12.3 Å². The van der Waals surface area contributed by atoms with Gasteiger partial charge >= 0.3 is 5.97 Å². The first-order valence-electron chi connectivity index (χ1n) is 9.57. The normalized spacial score (nSPS) is 10.4. The molecule has 0 aliphatic rings. The Morgan fingerprint density at radius 1 is 0.879 bits per heavy atom. The lowest BCUT2D eigenvalue weighted by molar-refractivity contribution is -0.126. The number of benzene rings is 2. The third-order valence-electron chi connectivity index (χ3n) is 4.27. The maximum atomic E-state index is 13.6. The third-order valence-corrected chi connectivity index (χ3v) is 4.27. The Labute approximate surface area is 185 Å². The number of anilines is 2. The first-order valence-corrected chi connectivity index (χ1v) is 9.57. The Morgan fingerprint density at radius 3 is 2.42 bits per heavy atom. The highest BCUT2D eigenvalue weighted by molar-refractivity contribution is 5.97. The van der Waals surface area contributed by atoms with E-state index in [1.807, 2.05) is 5.32 Å². The molecule has 33 heavy (non-hydrogen) atoms. The van der Waals surface area contributed by atoms with Gasteiger partial charge < -0.3 is 25.1 Å². The van der Waals surface area contributed by atoms with Crippen molar-refractivity contribution < 1.29 is 36.7 Å². The predicted octanol–water partition coefficient (Wildman–Crippen LogP) is 3.22. The summed E-state index contributed by atoms with van der Waals surface area (Å²) >= 11 is 0. The summed E-state index contributed by atoms with van der Waals surface area (Å²) in [5, 5.41) is 7.20. The van der Waals surface area contributed by atoms with E-state index in [9.17, 15) is 27.6 Å². The van der Waals surface area contributed by atoms with Crippen LogP contribution in [0.15, 0.2) is 59.2 Å². The number of amides is 2. The number of para-hydroxylation sites is 1. The van der Waals surface area contributed by atoms with Crippen molar-refractivity contribution in [3.63, 3.8) is 0 Å². The molecule has 3 N–H and O–H groups in total. The Kier molecular flexibility index (Phi) is 7.68. The van der Waals surface area contributed by atoms with Gasteiger partial charge in [-0.3, -0.25) is 9.59 Å². The van der Waals surface area contributed by atoms with E-state index in [0.717, 1.165) is 6.07 Å². The average Bonchev–Trinajstić information content (AvgIpc) is 3.34. The van der Waals surface area contributed by atoms with Gasteiger partial charge in [0.05, 0.1) is 30.6 Å². The molecule has 0 fully saturated rings. The minimum absolute atomic E-state index is 0.184. The fourth-order valence-corrected chi connectivity index (χ4v) is 2.67. The molecule has 3 rings (SSSR count). The Bertz CT molecular complexity index is 1150. The molecule has 0 aliphatic carbocycles. The van der Waals surface area contributed by atoms with Crippen molar-refractivity contribution in [1.29, 1.82) is 0 Å². The molecule has 0 atom stereocenters. The highest BCUT2D eigenvalue weighted by Crippen LogP contribution is 2.19. The minimum atomic E-state index is -1.73. The molecule has 0 bridgehead atoms. The number of rotatable bonds is 9. The summed E-state index contributed by atoms with van der Waals surface area (Å²) in [6.07, 6.45) is 1.52. The van der Waals surface area contributed by atoms with Crippen molar-refractivity contribution in [2.75, 3.05) is 23.8 Å². The Morgan fingerprint density at radius 2 is 1.67 bits per heavy atom. The molecule has 0 unspecified atom stereocenters. The van der Waals surface area contributed by atoms with Crippen LogP contribution >= 0.6 is 0 Å². The van der Waals surface area contributed by atoms with E-state index >= 15 is 0 Å². The standard InChI is InChI=1S/C22H18F3N3O5/c23-15-7-8-17(21(25)20(15)24)28-18(29)11-27-19(30)12-33-22(31)14-5-1-2-6-16(14)26-10-13-4-3-9-32-13/h1-9,26H,10-12H2,(H,27,30)(H,28,29). The van der Waals surface area contributed by atoms with Gasteiger partial charge in [-0.2, -0.15) is 0 Å². The van der Waals surface area contributed by atoms with Crippen LogP contribution in [-0.2, 0) is 20.9 Å². The number of esters is 1. The maximum absolute atomic E-state index is 13.6. The predicted molar refractivity (Wildman–Crippen MR) is 111 cm³/mol. The van der Waals surface area contributed by atoms with Crippen LogP contribution in [0.5, 0.6) is 0 Å². The lowest BCUT2D eigenvalue weighted by Crippen LogP contribution is -2.35. The van der Waals surface area contributed by atoms with Crippen molar-refractivity contribution in [2.24, 2.45) is 0 Å². The number of carbonyl (C=O) groups is 3. The molecule has 0 saturated heterocycles. The smallest absolute Gasteiger partial charge is 0.340 e. The van der Waals surface area contributed by atoms with Crippen molar-refractivity contribution >= 4 is 29.2 Å². The summed E-state index contributed by atoms with van der Waals surface area (Å²) in [7, 11) is 0. The lowest BCUT2D eigenvalue weighted by Gasteiger charge is -2.11. The van der Waals surface area contributed by atoms with Gasteiger partial charge in [-0.1, -0.05) is 12.1 Å². The summed E-state index contributed by atoms with van der Waals surface area (Å²) in [4.78, 5) is 36.0. The molecule has 0 aliphatic heterocycles. The van der Waals surface area contributed by atoms with Gasteiger partial charge in [-0.05, 0) is 36.4 Å². The molecule has 8 nitrogen and oxygen atoms in total. The number of halogens is 3. The number of carbonyl (C=O) groups excluding carboxylic acids is 3. The van der Waals surface area contributed by atoms with Crippen molar-refractivity contribution in [3.05, 3.63) is 83.6 Å². The van der Waals surface area contributed by atoms with Crippen LogP contribution in [0.3, 0.4) is 0 Å². The highest BCUT2D eigenvalue weighted by Gasteiger charge is 2.17. The van der Waals surface area contributed by atoms with Gasteiger partial charge in [0.15, 0.2) is 24.1 Å². The molecular formula is C22H18F3N3O5. The molecule has 1 aromatic heterocycles. The Balaban J connectivity index is 1.46. The van der Waals surface area contributed by atoms with E-state index in [0.29, 0.717) is 24.1 Å². The van der Waals surface area contributed by atoms with Crippen LogP contribution in [0.1, 0.15) is 16.1 Å². The van der Waals surface area contributed by atoms with Crippen LogP contribution in [0.25, 0.3) is 0 Å². The summed E-state index contributed by atoms with van der Waals surface area (Å²) in [5.41, 5.74) is 0.0638. The second-order valence-electron chi connectivity index (χ2n) is 6.60. The minimum Gasteiger partial charge on any atom is -0.467 e. The van der Waals surface area contributed by atoms with E-state index < -0.39 is 54.1 Å². The average molecular weight is 461 g/mol. The van der Waals surface area contributed by atoms with Crippen molar-refractivity contribution in [2.45, 2.75) is 6.54 Å². The maximum Gasteiger partial charge on any atom is 0.340 e. The number of hydrogen-bond acceptors (Lipinski definition) is 6. The van der Waals surface area contributed by atoms with Crippen LogP contribution < -0.4 is 16.0 Å². The fraction of sp³-hybridized carbons (Fsp3) is 0.136. The van der Waals surface area contributed by atoms with Gasteiger partial charge in [0.2, 0.25) is 5.91 Å². The van der Waals surface area contributed by atoms with Gasteiger partial charge in [-0.25, -0.2) is 18.0 Å². The highest BCUT2D eigenvalue weighted by atomic mass is 19.2. The summed E-state index contributed by atoms with van der Waals surface area (Å²) in [6, 6.07) is 11.5. The summed E-state index contributed by atoms with van der Waals surface area (Å²) in [5.74, 6) is -6.53. The number of nitrogens with one attached hydrogen (secondary N) is 3. The molecule has 2 amide bonds. The monoisotopic (exact) mass is 461 g/mol. The van der Waals surface area contributed by atoms with Crippen LogP contribution in [0.4, 0.5) is 24.5 Å². The quantitative estimate of drug-likeness (QED) is 0.334. The van der Waals surface area contributed by atoms with Crippen molar-refractivity contribution in [1.82, 2.24) is 5.32 Å². The van der Waals surface area contributed by atoms with E-state index in [-0.39, 0.29) is 5.56 Å². The second-order valence-corrected chi connectivity index (χ2v) is 6.60. The molecule has 3 aromatic rings.